The molecule has 0 bridgehead atoms. The first-order valence-corrected chi connectivity index (χ1v) is 11.6. The van der Waals surface area contributed by atoms with Gasteiger partial charge in [-0.05, 0) is 53.0 Å². The summed E-state index contributed by atoms with van der Waals surface area (Å²) in [5, 5.41) is 11.2. The van der Waals surface area contributed by atoms with E-state index >= 15 is 0 Å². The van der Waals surface area contributed by atoms with Crippen LogP contribution in [0.25, 0.3) is 10.3 Å². The lowest BCUT2D eigenvalue weighted by Gasteiger charge is -2.10. The van der Waals surface area contributed by atoms with Gasteiger partial charge < -0.3 is 4.74 Å². The molecule has 29 heavy (non-hydrogen) atoms. The summed E-state index contributed by atoms with van der Waals surface area (Å²) in [6.45, 7) is 2.41. The molecule has 3 aromatic rings. The highest BCUT2D eigenvalue weighted by atomic mass is 32.2. The number of methoxy groups -OCH3 is 1. The van der Waals surface area contributed by atoms with E-state index in [4.69, 9.17) is 10.1 Å². The Morgan fingerprint density at radius 1 is 1.24 bits per heavy atom. The maximum Gasteiger partial charge on any atom is 0.275 e. The number of ether oxygens (including phenoxy) is 1. The van der Waals surface area contributed by atoms with Gasteiger partial charge in [0.15, 0.2) is 5.13 Å². The highest BCUT2D eigenvalue weighted by Gasteiger charge is 2.16. The van der Waals surface area contributed by atoms with Crippen molar-refractivity contribution in [2.24, 2.45) is 0 Å². The van der Waals surface area contributed by atoms with Crippen LogP contribution in [0.2, 0.25) is 0 Å². The van der Waals surface area contributed by atoms with Crippen molar-refractivity contribution in [1.29, 1.82) is 5.41 Å². The van der Waals surface area contributed by atoms with Crippen LogP contribution in [-0.2, 0) is 19.1 Å². The Kier molecular flexibility index (Phi) is 6.41. The molecule has 0 aliphatic heterocycles. The third kappa shape index (κ3) is 5.06. The Hall–Kier alpha value is -2.62. The highest BCUT2D eigenvalue weighted by molar-refractivity contribution is 8.00. The molecule has 1 unspecified atom stereocenters. The molecule has 3 rings (SSSR count). The summed E-state index contributed by atoms with van der Waals surface area (Å²) < 4.78 is 17.7. The van der Waals surface area contributed by atoms with Crippen LogP contribution in [0.1, 0.15) is 17.7 Å². The monoisotopic (exact) mass is 430 g/mol. The zero-order chi connectivity index (χ0) is 21.0. The number of aryl methyl sites for hydroxylation is 1. The van der Waals surface area contributed by atoms with Gasteiger partial charge in [0.2, 0.25) is 0 Å². The normalized spacial score (nSPS) is 13.2. The maximum atomic E-state index is 12.7. The largest absolute Gasteiger partial charge is 0.385 e. The van der Waals surface area contributed by atoms with Crippen LogP contribution in [0.3, 0.4) is 0 Å². The number of fused-ring (bicyclic) bond motifs is 1. The first kappa shape index (κ1) is 21.1. The Labute approximate surface area is 173 Å². The van der Waals surface area contributed by atoms with Crippen molar-refractivity contribution in [3.05, 3.63) is 47.7 Å². The lowest BCUT2D eigenvalue weighted by atomic mass is 10.1. The molecular formula is C20H22N4O3S2. The summed E-state index contributed by atoms with van der Waals surface area (Å²) in [6, 6.07) is 10.2. The molecule has 0 radical (unpaired) electrons. The van der Waals surface area contributed by atoms with Gasteiger partial charge in [-0.2, -0.15) is 0 Å². The molecule has 2 N–H and O–H groups in total. The second-order valence-electron chi connectivity index (χ2n) is 6.51. The fourth-order valence-corrected chi connectivity index (χ4v) is 5.01. The van der Waals surface area contributed by atoms with Gasteiger partial charge in [0.1, 0.15) is 16.1 Å². The van der Waals surface area contributed by atoms with E-state index < -0.39 is 15.4 Å². The van der Waals surface area contributed by atoms with Gasteiger partial charge >= 0.3 is 0 Å². The molecule has 1 atom stereocenters. The quantitative estimate of drug-likeness (QED) is 0.325. The van der Waals surface area contributed by atoms with Crippen LogP contribution in [-0.4, -0.2) is 51.1 Å². The number of nitrogens with zero attached hydrogens (tertiary/aromatic N) is 2. The molecule has 2 aromatic heterocycles. The summed E-state index contributed by atoms with van der Waals surface area (Å²) in [5.41, 5.74) is 1.80. The van der Waals surface area contributed by atoms with Gasteiger partial charge in [0.25, 0.3) is 5.91 Å². The molecule has 0 aliphatic rings. The number of nitrogens with one attached hydrogen (secondary N) is 2. The maximum absolute atomic E-state index is 12.7. The molecule has 0 saturated heterocycles. The summed E-state index contributed by atoms with van der Waals surface area (Å²) in [5.74, 6) is 3.68. The predicted octanol–water partition coefficient (Wildman–Crippen LogP) is 3.12. The lowest BCUT2D eigenvalue weighted by Crippen LogP contribution is -2.22. The number of aromatic nitrogens is 2. The zero-order valence-corrected chi connectivity index (χ0v) is 17.9. The Bertz CT molecular complexity index is 1150. The van der Waals surface area contributed by atoms with Crippen molar-refractivity contribution in [2.75, 3.05) is 24.8 Å². The SMILES string of the molecule is C=S(=O)(CCCOC)c1ccc(C(=N)C(=O)Nc2nc3ccc(C)nc3s2)cc1. The molecule has 0 aliphatic carbocycles. The summed E-state index contributed by atoms with van der Waals surface area (Å²) in [7, 11) is -0.829. The van der Waals surface area contributed by atoms with Gasteiger partial charge in [-0.25, -0.2) is 9.97 Å². The standard InChI is InChI=1S/C20H22N4O3S2/c1-13-5-10-16-19(22-13)28-20(23-16)24-18(25)17(21)14-6-8-15(9-7-14)29(3,26)12-4-11-27-2/h5-10,21H,3-4,11-12H2,1-2H3,(H,23,24,25). The Morgan fingerprint density at radius 3 is 2.66 bits per heavy atom. The van der Waals surface area contributed by atoms with Crippen molar-refractivity contribution in [3.63, 3.8) is 0 Å². The third-order valence-corrected chi connectivity index (χ3v) is 7.20. The lowest BCUT2D eigenvalue weighted by molar-refractivity contribution is -0.110. The van der Waals surface area contributed by atoms with Crippen molar-refractivity contribution < 1.29 is 13.7 Å². The number of pyridine rings is 1. The first-order valence-electron chi connectivity index (χ1n) is 8.88. The van der Waals surface area contributed by atoms with E-state index in [9.17, 15) is 9.00 Å². The van der Waals surface area contributed by atoms with Gasteiger partial charge in [0.05, 0.1) is 0 Å². The average molecular weight is 431 g/mol. The van der Waals surface area contributed by atoms with Crippen molar-refractivity contribution in [2.45, 2.75) is 18.2 Å². The topological polar surface area (TPSA) is 105 Å². The highest BCUT2D eigenvalue weighted by Crippen LogP contribution is 2.24. The minimum Gasteiger partial charge on any atom is -0.385 e. The minimum absolute atomic E-state index is 0.199. The number of anilines is 1. The van der Waals surface area contributed by atoms with Crippen LogP contribution in [0.4, 0.5) is 5.13 Å². The average Bonchev–Trinajstić information content (AvgIpc) is 3.08. The molecule has 0 fully saturated rings. The van der Waals surface area contributed by atoms with Crippen LogP contribution in [0.5, 0.6) is 0 Å². The molecule has 7 nitrogen and oxygen atoms in total. The van der Waals surface area contributed by atoms with E-state index in [0.717, 1.165) is 10.5 Å². The molecule has 1 aromatic carbocycles. The number of hydrogen-bond donors (Lipinski definition) is 2. The summed E-state index contributed by atoms with van der Waals surface area (Å²) in [6.07, 6.45) is 0.648. The molecule has 9 heteroatoms. The summed E-state index contributed by atoms with van der Waals surface area (Å²) in [4.78, 5) is 22.5. The van der Waals surface area contributed by atoms with Crippen LogP contribution in [0, 0.1) is 12.3 Å². The second kappa shape index (κ2) is 8.81. The summed E-state index contributed by atoms with van der Waals surface area (Å²) >= 11 is 1.26. The van der Waals surface area contributed by atoms with E-state index in [1.807, 2.05) is 19.1 Å². The molecular weight excluding hydrogens is 408 g/mol. The van der Waals surface area contributed by atoms with Gasteiger partial charge in [-0.1, -0.05) is 23.5 Å². The van der Waals surface area contributed by atoms with Gasteiger partial charge in [-0.3, -0.25) is 19.7 Å². The predicted molar refractivity (Wildman–Crippen MR) is 119 cm³/mol. The molecule has 1 amide bonds. The van der Waals surface area contributed by atoms with E-state index in [-0.39, 0.29) is 5.71 Å². The third-order valence-electron chi connectivity index (χ3n) is 4.24. The van der Waals surface area contributed by atoms with Gasteiger partial charge in [-0.15, -0.1) is 0 Å². The number of thiazole rings is 1. The minimum atomic E-state index is -2.43. The zero-order valence-electron chi connectivity index (χ0n) is 16.2. The fourth-order valence-electron chi connectivity index (χ4n) is 2.68. The van der Waals surface area contributed by atoms with Gasteiger partial charge in [0, 0.05) is 35.6 Å². The van der Waals surface area contributed by atoms with Crippen LogP contribution >= 0.6 is 11.3 Å². The number of rotatable bonds is 8. The first-order chi connectivity index (χ1) is 13.8. The molecule has 152 valence electrons. The van der Waals surface area contributed by atoms with E-state index in [1.54, 1.807) is 31.4 Å². The van der Waals surface area contributed by atoms with E-state index in [2.05, 4.69) is 21.2 Å². The molecule has 0 saturated carbocycles. The number of carbonyl (C=O) groups is 1. The fraction of sp³-hybridized carbons (Fsp3) is 0.250. The smallest absolute Gasteiger partial charge is 0.275 e. The number of benzene rings is 1. The van der Waals surface area contributed by atoms with Crippen molar-refractivity contribution in [1.82, 2.24) is 9.97 Å². The van der Waals surface area contributed by atoms with Crippen LogP contribution < -0.4 is 5.32 Å². The number of hydrogen-bond acceptors (Lipinski definition) is 7. The van der Waals surface area contributed by atoms with Crippen molar-refractivity contribution in [3.8, 4) is 0 Å². The Morgan fingerprint density at radius 2 is 1.97 bits per heavy atom. The molecule has 0 spiro atoms. The Balaban J connectivity index is 1.69. The van der Waals surface area contributed by atoms with Crippen molar-refractivity contribution >= 4 is 53.8 Å². The second-order valence-corrected chi connectivity index (χ2v) is 9.99. The number of carbonyl (C=O) groups excluding carboxylic acids is 1. The van der Waals surface area contributed by atoms with Crippen LogP contribution in [0.15, 0.2) is 41.3 Å². The number of amides is 1. The van der Waals surface area contributed by atoms with E-state index in [1.165, 1.54) is 11.3 Å². The van der Waals surface area contributed by atoms with E-state index in [0.29, 0.717) is 39.9 Å². The molecule has 2 heterocycles.